The van der Waals surface area contributed by atoms with E-state index in [4.69, 9.17) is 0 Å². The highest BCUT2D eigenvalue weighted by atomic mass is 32.2. The Kier molecular flexibility index (Phi) is 6.40. The molecule has 3 rings (SSSR count). The van der Waals surface area contributed by atoms with Gasteiger partial charge in [0.15, 0.2) is 0 Å². The van der Waals surface area contributed by atoms with E-state index in [0.29, 0.717) is 17.3 Å². The number of carbonyl (C=O) groups is 1. The number of carbonyl (C=O) groups excluding carboxylic acids is 1. The largest absolute Gasteiger partial charge is 0.320 e. The third-order valence-electron chi connectivity index (χ3n) is 4.80. The van der Waals surface area contributed by atoms with E-state index in [1.807, 2.05) is 19.1 Å². The SMILES string of the molecule is Cc1ccc(S(=O)(=O)N(C)C)cc1NC(=O)c1csc(-c2ccc(C(C)C)cc2)n1. The quantitative estimate of drug-likeness (QED) is 0.596. The summed E-state index contributed by atoms with van der Waals surface area (Å²) in [6, 6.07) is 12.8. The number of nitrogens with one attached hydrogen (secondary N) is 1. The highest BCUT2D eigenvalue weighted by molar-refractivity contribution is 7.89. The Labute approximate surface area is 181 Å². The summed E-state index contributed by atoms with van der Waals surface area (Å²) in [7, 11) is -0.649. The van der Waals surface area contributed by atoms with Gasteiger partial charge in [0.1, 0.15) is 10.7 Å². The van der Waals surface area contributed by atoms with E-state index in [9.17, 15) is 13.2 Å². The molecule has 158 valence electrons. The second kappa shape index (κ2) is 8.67. The highest BCUT2D eigenvalue weighted by Crippen LogP contribution is 2.27. The maximum absolute atomic E-state index is 12.7. The predicted molar refractivity (Wildman–Crippen MR) is 122 cm³/mol. The zero-order chi connectivity index (χ0) is 22.1. The second-order valence-corrected chi connectivity index (χ2v) is 10.5. The number of hydrogen-bond acceptors (Lipinski definition) is 5. The lowest BCUT2D eigenvalue weighted by Crippen LogP contribution is -2.22. The van der Waals surface area contributed by atoms with Crippen molar-refractivity contribution < 1.29 is 13.2 Å². The van der Waals surface area contributed by atoms with Crippen molar-refractivity contribution in [2.75, 3.05) is 19.4 Å². The molecule has 0 spiro atoms. The van der Waals surface area contributed by atoms with Crippen LogP contribution in [0.1, 0.15) is 41.4 Å². The van der Waals surface area contributed by atoms with Crippen LogP contribution in [0, 0.1) is 6.92 Å². The van der Waals surface area contributed by atoms with Gasteiger partial charge in [0, 0.05) is 30.7 Å². The molecule has 0 fully saturated rings. The van der Waals surface area contributed by atoms with Gasteiger partial charge >= 0.3 is 0 Å². The zero-order valence-corrected chi connectivity index (χ0v) is 19.3. The van der Waals surface area contributed by atoms with E-state index in [0.717, 1.165) is 20.4 Å². The minimum atomic E-state index is -3.59. The molecule has 0 saturated carbocycles. The molecule has 0 atom stereocenters. The summed E-state index contributed by atoms with van der Waals surface area (Å²) in [4.78, 5) is 17.3. The smallest absolute Gasteiger partial charge is 0.275 e. The second-order valence-electron chi connectivity index (χ2n) is 7.53. The van der Waals surface area contributed by atoms with Gasteiger partial charge in [-0.1, -0.05) is 44.2 Å². The Bertz CT molecular complexity index is 1160. The van der Waals surface area contributed by atoms with Gasteiger partial charge in [-0.2, -0.15) is 0 Å². The number of amides is 1. The van der Waals surface area contributed by atoms with Crippen molar-refractivity contribution in [2.45, 2.75) is 31.6 Å². The molecule has 0 aliphatic heterocycles. The molecule has 1 heterocycles. The maximum Gasteiger partial charge on any atom is 0.275 e. The van der Waals surface area contributed by atoms with Gasteiger partial charge in [-0.25, -0.2) is 17.7 Å². The first kappa shape index (κ1) is 22.1. The normalized spacial score (nSPS) is 11.8. The molecule has 8 heteroatoms. The number of rotatable bonds is 6. The van der Waals surface area contributed by atoms with Crippen LogP contribution in [0.3, 0.4) is 0 Å². The van der Waals surface area contributed by atoms with E-state index in [2.05, 4.69) is 36.3 Å². The van der Waals surface area contributed by atoms with Crippen LogP contribution in [-0.4, -0.2) is 37.7 Å². The van der Waals surface area contributed by atoms with E-state index < -0.39 is 10.0 Å². The van der Waals surface area contributed by atoms with Crippen LogP contribution in [0.2, 0.25) is 0 Å². The number of aromatic nitrogens is 1. The fourth-order valence-electron chi connectivity index (χ4n) is 2.81. The standard InChI is InChI=1S/C22H25N3O3S2/c1-14(2)16-7-9-17(10-8-16)22-24-20(13-29-22)21(26)23-19-12-18(11-6-15(19)3)30(27,28)25(4)5/h6-14H,1-5H3,(H,23,26). The van der Waals surface area contributed by atoms with Gasteiger partial charge in [-0.05, 0) is 36.1 Å². The number of nitrogens with zero attached hydrogens (tertiary/aromatic N) is 2. The molecule has 0 unspecified atom stereocenters. The topological polar surface area (TPSA) is 79.4 Å². The lowest BCUT2D eigenvalue weighted by Gasteiger charge is -2.14. The van der Waals surface area contributed by atoms with Gasteiger partial charge in [0.2, 0.25) is 10.0 Å². The lowest BCUT2D eigenvalue weighted by molar-refractivity contribution is 0.102. The van der Waals surface area contributed by atoms with E-state index in [1.165, 1.54) is 43.1 Å². The lowest BCUT2D eigenvalue weighted by atomic mass is 10.0. The van der Waals surface area contributed by atoms with Crippen molar-refractivity contribution >= 4 is 33.0 Å². The Hall–Kier alpha value is -2.55. The van der Waals surface area contributed by atoms with E-state index in [-0.39, 0.29) is 10.8 Å². The summed E-state index contributed by atoms with van der Waals surface area (Å²) >= 11 is 1.40. The molecule has 6 nitrogen and oxygen atoms in total. The van der Waals surface area contributed by atoms with Crippen LogP contribution in [-0.2, 0) is 10.0 Å². The minimum Gasteiger partial charge on any atom is -0.320 e. The van der Waals surface area contributed by atoms with Crippen LogP contribution in [0.25, 0.3) is 10.6 Å². The molecule has 2 aromatic carbocycles. The molecule has 3 aromatic rings. The number of sulfonamides is 1. The average Bonchev–Trinajstić information content (AvgIpc) is 3.19. The Morgan fingerprint density at radius 3 is 2.37 bits per heavy atom. The van der Waals surface area contributed by atoms with Gasteiger partial charge in [0.25, 0.3) is 5.91 Å². The molecule has 1 amide bonds. The van der Waals surface area contributed by atoms with Crippen molar-refractivity contribution in [3.63, 3.8) is 0 Å². The molecule has 0 bridgehead atoms. The van der Waals surface area contributed by atoms with Crippen molar-refractivity contribution in [1.82, 2.24) is 9.29 Å². The summed E-state index contributed by atoms with van der Waals surface area (Å²) in [5.41, 5.74) is 3.71. The van der Waals surface area contributed by atoms with Gasteiger partial charge in [0.05, 0.1) is 4.90 Å². The number of aryl methyl sites for hydroxylation is 1. The fraction of sp³-hybridized carbons (Fsp3) is 0.273. The van der Waals surface area contributed by atoms with E-state index in [1.54, 1.807) is 11.4 Å². The molecular formula is C22H25N3O3S2. The molecule has 0 aliphatic rings. The average molecular weight is 444 g/mol. The molecule has 30 heavy (non-hydrogen) atoms. The molecule has 1 aromatic heterocycles. The van der Waals surface area contributed by atoms with E-state index >= 15 is 0 Å². The van der Waals surface area contributed by atoms with Crippen LogP contribution in [0.4, 0.5) is 5.69 Å². The monoisotopic (exact) mass is 443 g/mol. The third-order valence-corrected chi connectivity index (χ3v) is 7.50. The summed E-state index contributed by atoms with van der Waals surface area (Å²) in [6.45, 7) is 6.09. The molecular weight excluding hydrogens is 418 g/mol. The van der Waals surface area contributed by atoms with Crippen LogP contribution >= 0.6 is 11.3 Å². The summed E-state index contributed by atoms with van der Waals surface area (Å²) in [5, 5.41) is 5.25. The van der Waals surface area contributed by atoms with Crippen molar-refractivity contribution in [3.05, 3.63) is 64.7 Å². The molecule has 1 N–H and O–H groups in total. The van der Waals surface area contributed by atoms with Gasteiger partial charge in [-0.3, -0.25) is 4.79 Å². The number of hydrogen-bond donors (Lipinski definition) is 1. The molecule has 0 radical (unpaired) electrons. The summed E-state index contributed by atoms with van der Waals surface area (Å²) < 4.78 is 25.9. The molecule has 0 aliphatic carbocycles. The van der Waals surface area contributed by atoms with Crippen molar-refractivity contribution in [3.8, 4) is 10.6 Å². The van der Waals surface area contributed by atoms with Crippen molar-refractivity contribution in [2.24, 2.45) is 0 Å². The summed E-state index contributed by atoms with van der Waals surface area (Å²) in [5.74, 6) is 0.0748. The first-order valence-electron chi connectivity index (χ1n) is 9.50. The molecule has 0 saturated heterocycles. The van der Waals surface area contributed by atoms with Crippen LogP contribution in [0.5, 0.6) is 0 Å². The summed E-state index contributed by atoms with van der Waals surface area (Å²) in [6.07, 6.45) is 0. The highest BCUT2D eigenvalue weighted by Gasteiger charge is 2.19. The fourth-order valence-corrected chi connectivity index (χ4v) is 4.55. The first-order chi connectivity index (χ1) is 14.1. The first-order valence-corrected chi connectivity index (χ1v) is 11.8. The maximum atomic E-state index is 12.7. The number of benzene rings is 2. The Balaban J connectivity index is 1.82. The van der Waals surface area contributed by atoms with Gasteiger partial charge in [-0.15, -0.1) is 11.3 Å². The third kappa shape index (κ3) is 4.61. The predicted octanol–water partition coefficient (Wildman–Crippen LogP) is 4.74. The number of thiazole rings is 1. The Morgan fingerprint density at radius 1 is 1.10 bits per heavy atom. The van der Waals surface area contributed by atoms with Crippen molar-refractivity contribution in [1.29, 1.82) is 0 Å². The zero-order valence-electron chi connectivity index (χ0n) is 17.6. The Morgan fingerprint density at radius 2 is 1.77 bits per heavy atom. The van der Waals surface area contributed by atoms with Crippen LogP contribution < -0.4 is 5.32 Å². The van der Waals surface area contributed by atoms with Gasteiger partial charge < -0.3 is 5.32 Å². The number of anilines is 1. The minimum absolute atomic E-state index is 0.123. The van der Waals surface area contributed by atoms with Crippen LogP contribution in [0.15, 0.2) is 52.7 Å².